The van der Waals surface area contributed by atoms with Gasteiger partial charge in [-0.3, -0.25) is 4.98 Å². The SMILES string of the molecule is COc1cc(Nc2ccn3ncc(-c4ccncc4)c3n2)cc(C)c1OC. The van der Waals surface area contributed by atoms with E-state index in [1.807, 2.05) is 49.6 Å². The first-order valence-corrected chi connectivity index (χ1v) is 8.44. The minimum Gasteiger partial charge on any atom is -0.493 e. The molecule has 0 aliphatic carbocycles. The molecule has 3 heterocycles. The van der Waals surface area contributed by atoms with Crippen molar-refractivity contribution in [3.63, 3.8) is 0 Å². The van der Waals surface area contributed by atoms with Crippen LogP contribution < -0.4 is 14.8 Å². The Bertz CT molecular complexity index is 1090. The van der Waals surface area contributed by atoms with Crippen LogP contribution in [0.25, 0.3) is 16.8 Å². The van der Waals surface area contributed by atoms with Crippen molar-refractivity contribution in [2.24, 2.45) is 0 Å². The average Bonchev–Trinajstić information content (AvgIpc) is 3.11. The molecule has 0 unspecified atom stereocenters. The van der Waals surface area contributed by atoms with Crippen LogP contribution in [0.4, 0.5) is 11.5 Å². The molecule has 0 aliphatic rings. The van der Waals surface area contributed by atoms with Crippen LogP contribution in [0.2, 0.25) is 0 Å². The number of pyridine rings is 1. The second-order valence-electron chi connectivity index (χ2n) is 6.03. The number of hydrogen-bond donors (Lipinski definition) is 1. The van der Waals surface area contributed by atoms with E-state index in [1.165, 1.54) is 0 Å². The van der Waals surface area contributed by atoms with Crippen LogP contribution in [0.1, 0.15) is 5.56 Å². The predicted molar refractivity (Wildman–Crippen MR) is 104 cm³/mol. The average molecular weight is 361 g/mol. The first-order chi connectivity index (χ1) is 13.2. The summed E-state index contributed by atoms with van der Waals surface area (Å²) in [6, 6.07) is 9.64. The molecular weight excluding hydrogens is 342 g/mol. The number of methoxy groups -OCH3 is 2. The molecule has 7 nitrogen and oxygen atoms in total. The molecule has 4 aromatic rings. The number of nitrogens with one attached hydrogen (secondary N) is 1. The molecule has 0 radical (unpaired) electrons. The smallest absolute Gasteiger partial charge is 0.165 e. The largest absolute Gasteiger partial charge is 0.493 e. The van der Waals surface area contributed by atoms with Crippen LogP contribution in [0.15, 0.2) is 55.1 Å². The van der Waals surface area contributed by atoms with Crippen molar-refractivity contribution in [1.29, 1.82) is 0 Å². The van der Waals surface area contributed by atoms with Gasteiger partial charge in [0.1, 0.15) is 5.82 Å². The molecule has 3 aromatic heterocycles. The highest BCUT2D eigenvalue weighted by Gasteiger charge is 2.12. The zero-order valence-corrected chi connectivity index (χ0v) is 15.3. The quantitative estimate of drug-likeness (QED) is 0.582. The lowest BCUT2D eigenvalue weighted by atomic mass is 10.1. The lowest BCUT2D eigenvalue weighted by Crippen LogP contribution is -1.99. The van der Waals surface area contributed by atoms with Crippen LogP contribution in [-0.2, 0) is 0 Å². The van der Waals surface area contributed by atoms with E-state index in [-0.39, 0.29) is 0 Å². The van der Waals surface area contributed by atoms with Crippen molar-refractivity contribution in [2.75, 3.05) is 19.5 Å². The van der Waals surface area contributed by atoms with Gasteiger partial charge in [0.2, 0.25) is 0 Å². The fourth-order valence-electron chi connectivity index (χ4n) is 3.05. The molecule has 1 N–H and O–H groups in total. The number of rotatable bonds is 5. The molecule has 0 fully saturated rings. The van der Waals surface area contributed by atoms with E-state index >= 15 is 0 Å². The van der Waals surface area contributed by atoms with Gasteiger partial charge in [-0.15, -0.1) is 0 Å². The second-order valence-corrected chi connectivity index (χ2v) is 6.03. The molecule has 4 rings (SSSR count). The zero-order chi connectivity index (χ0) is 18.8. The third kappa shape index (κ3) is 3.15. The molecule has 136 valence electrons. The van der Waals surface area contributed by atoms with E-state index < -0.39 is 0 Å². The Balaban J connectivity index is 1.72. The summed E-state index contributed by atoms with van der Waals surface area (Å²) in [4.78, 5) is 8.80. The lowest BCUT2D eigenvalue weighted by molar-refractivity contribution is 0.353. The van der Waals surface area contributed by atoms with Gasteiger partial charge in [0.25, 0.3) is 0 Å². The topological polar surface area (TPSA) is 73.6 Å². The molecule has 0 amide bonds. The summed E-state index contributed by atoms with van der Waals surface area (Å²) in [6.45, 7) is 1.97. The number of benzene rings is 1. The van der Waals surface area contributed by atoms with Crippen LogP contribution in [0.3, 0.4) is 0 Å². The van der Waals surface area contributed by atoms with Gasteiger partial charge in [-0.1, -0.05) is 0 Å². The number of aromatic nitrogens is 4. The zero-order valence-electron chi connectivity index (χ0n) is 15.3. The molecule has 0 atom stereocenters. The second kappa shape index (κ2) is 6.95. The predicted octanol–water partition coefficient (Wildman–Crippen LogP) is 3.86. The van der Waals surface area contributed by atoms with Gasteiger partial charge in [0.15, 0.2) is 17.1 Å². The van der Waals surface area contributed by atoms with E-state index in [1.54, 1.807) is 31.1 Å². The van der Waals surface area contributed by atoms with Crippen molar-refractivity contribution >= 4 is 17.2 Å². The Kier molecular flexibility index (Phi) is 4.33. The minimum absolute atomic E-state index is 0.669. The number of ether oxygens (including phenoxy) is 2. The van der Waals surface area contributed by atoms with Crippen molar-refractivity contribution in [3.8, 4) is 22.6 Å². The van der Waals surface area contributed by atoms with E-state index in [9.17, 15) is 0 Å². The summed E-state index contributed by atoms with van der Waals surface area (Å²) in [6.07, 6.45) is 7.20. The first-order valence-electron chi connectivity index (χ1n) is 8.44. The lowest BCUT2D eigenvalue weighted by Gasteiger charge is -2.14. The van der Waals surface area contributed by atoms with Gasteiger partial charge in [0, 0.05) is 35.9 Å². The van der Waals surface area contributed by atoms with E-state index in [0.29, 0.717) is 11.6 Å². The molecular formula is C20H19N5O2. The summed E-state index contributed by atoms with van der Waals surface area (Å²) >= 11 is 0. The molecule has 27 heavy (non-hydrogen) atoms. The van der Waals surface area contributed by atoms with E-state index in [4.69, 9.17) is 14.5 Å². The number of anilines is 2. The van der Waals surface area contributed by atoms with Crippen LogP contribution in [0.5, 0.6) is 11.5 Å². The molecule has 0 spiro atoms. The Morgan fingerprint density at radius 2 is 1.85 bits per heavy atom. The highest BCUT2D eigenvalue weighted by Crippen LogP contribution is 2.35. The summed E-state index contributed by atoms with van der Waals surface area (Å²) in [5, 5.41) is 7.71. The van der Waals surface area contributed by atoms with Crippen LogP contribution >= 0.6 is 0 Å². The third-order valence-electron chi connectivity index (χ3n) is 4.30. The highest BCUT2D eigenvalue weighted by molar-refractivity contribution is 5.78. The van der Waals surface area contributed by atoms with Gasteiger partial charge < -0.3 is 14.8 Å². The molecule has 0 aliphatic heterocycles. The van der Waals surface area contributed by atoms with Crippen molar-refractivity contribution in [2.45, 2.75) is 6.92 Å². The van der Waals surface area contributed by atoms with Crippen molar-refractivity contribution < 1.29 is 9.47 Å². The minimum atomic E-state index is 0.669. The normalized spacial score (nSPS) is 10.8. The fraction of sp³-hybridized carbons (Fsp3) is 0.150. The standard InChI is InChI=1S/C20H19N5O2/c1-13-10-15(11-17(26-2)19(13)27-3)23-18-6-9-25-20(24-18)16(12-22-25)14-4-7-21-8-5-14/h4-12H,1-3H3,(H,23,24). The molecule has 1 aromatic carbocycles. The van der Waals surface area contributed by atoms with Crippen LogP contribution in [-0.4, -0.2) is 33.8 Å². The maximum atomic E-state index is 5.42. The number of nitrogens with zero attached hydrogens (tertiary/aromatic N) is 4. The highest BCUT2D eigenvalue weighted by atomic mass is 16.5. The van der Waals surface area contributed by atoms with E-state index in [2.05, 4.69) is 15.4 Å². The Morgan fingerprint density at radius 1 is 1.04 bits per heavy atom. The number of hydrogen-bond acceptors (Lipinski definition) is 6. The summed E-state index contributed by atoms with van der Waals surface area (Å²) in [5.41, 5.74) is 4.58. The van der Waals surface area contributed by atoms with Crippen molar-refractivity contribution in [1.82, 2.24) is 19.6 Å². The fourth-order valence-corrected chi connectivity index (χ4v) is 3.05. The summed E-state index contributed by atoms with van der Waals surface area (Å²) in [7, 11) is 3.26. The maximum absolute atomic E-state index is 5.42. The Labute approximate surface area is 156 Å². The molecule has 0 saturated heterocycles. The van der Waals surface area contributed by atoms with Crippen molar-refractivity contribution in [3.05, 3.63) is 60.7 Å². The van der Waals surface area contributed by atoms with Crippen LogP contribution in [0, 0.1) is 6.92 Å². The molecule has 7 heteroatoms. The van der Waals surface area contributed by atoms with Gasteiger partial charge in [-0.2, -0.15) is 5.10 Å². The molecule has 0 bridgehead atoms. The Hall–Kier alpha value is -3.61. The van der Waals surface area contributed by atoms with Gasteiger partial charge in [0.05, 0.1) is 20.4 Å². The summed E-state index contributed by atoms with van der Waals surface area (Å²) in [5.74, 6) is 2.11. The van der Waals surface area contributed by atoms with E-state index in [0.717, 1.165) is 33.8 Å². The first kappa shape index (κ1) is 16.8. The Morgan fingerprint density at radius 3 is 2.59 bits per heavy atom. The number of fused-ring (bicyclic) bond motifs is 1. The number of aryl methyl sites for hydroxylation is 1. The third-order valence-corrected chi connectivity index (χ3v) is 4.30. The van der Waals surface area contributed by atoms with Gasteiger partial charge in [-0.05, 0) is 42.3 Å². The van der Waals surface area contributed by atoms with Gasteiger partial charge >= 0.3 is 0 Å². The molecule has 0 saturated carbocycles. The summed E-state index contributed by atoms with van der Waals surface area (Å²) < 4.78 is 12.6. The van der Waals surface area contributed by atoms with Gasteiger partial charge in [-0.25, -0.2) is 9.50 Å². The monoisotopic (exact) mass is 361 g/mol. The maximum Gasteiger partial charge on any atom is 0.165 e.